The van der Waals surface area contributed by atoms with Crippen LogP contribution in [0, 0.1) is 0 Å². The van der Waals surface area contributed by atoms with Crippen molar-refractivity contribution < 1.29 is 0 Å². The smallest absolute Gasteiger partial charge is 0.0122 e. The Kier molecular flexibility index (Phi) is 3.17. The van der Waals surface area contributed by atoms with Gasteiger partial charge in [0.1, 0.15) is 0 Å². The van der Waals surface area contributed by atoms with Crippen molar-refractivity contribution in [1.29, 1.82) is 0 Å². The third-order valence-corrected chi connectivity index (χ3v) is 2.86. The fraction of sp³-hybridized carbons (Fsp3) is 0.500. The van der Waals surface area contributed by atoms with Crippen LogP contribution in [0.3, 0.4) is 0 Å². The Balaban J connectivity index is 1.91. The summed E-state index contributed by atoms with van der Waals surface area (Å²) in [6.07, 6.45) is 3.33. The Labute approximate surface area is 85.5 Å². The maximum Gasteiger partial charge on any atom is 0.0122 e. The number of rotatable bonds is 2. The van der Waals surface area contributed by atoms with Gasteiger partial charge in [-0.1, -0.05) is 30.3 Å². The molecule has 0 spiro atoms. The van der Waals surface area contributed by atoms with E-state index in [9.17, 15) is 0 Å². The number of piperidine rings is 1. The Hall–Kier alpha value is -0.860. The third-order valence-electron chi connectivity index (χ3n) is 2.86. The van der Waals surface area contributed by atoms with Crippen LogP contribution in [0.15, 0.2) is 30.3 Å². The molecule has 1 fully saturated rings. The van der Waals surface area contributed by atoms with Crippen LogP contribution in [0.2, 0.25) is 0 Å². The Morgan fingerprint density at radius 1 is 1.29 bits per heavy atom. The molecular weight excluding hydrogens is 172 g/mol. The molecule has 1 heterocycles. The molecule has 0 aromatic heterocycles. The first kappa shape index (κ1) is 9.69. The zero-order chi connectivity index (χ0) is 9.80. The van der Waals surface area contributed by atoms with Gasteiger partial charge in [0, 0.05) is 12.1 Å². The summed E-state index contributed by atoms with van der Waals surface area (Å²) >= 11 is 0. The van der Waals surface area contributed by atoms with E-state index >= 15 is 0 Å². The first-order chi connectivity index (χ1) is 6.84. The van der Waals surface area contributed by atoms with Gasteiger partial charge in [0.15, 0.2) is 0 Å². The summed E-state index contributed by atoms with van der Waals surface area (Å²) < 4.78 is 0. The van der Waals surface area contributed by atoms with Gasteiger partial charge in [-0.2, -0.15) is 0 Å². The average molecular weight is 190 g/mol. The van der Waals surface area contributed by atoms with Crippen LogP contribution in [-0.4, -0.2) is 18.6 Å². The van der Waals surface area contributed by atoms with Crippen LogP contribution in [0.4, 0.5) is 0 Å². The molecule has 76 valence electrons. The van der Waals surface area contributed by atoms with Crippen LogP contribution >= 0.6 is 0 Å². The molecule has 2 atom stereocenters. The minimum absolute atomic E-state index is 0.393. The van der Waals surface area contributed by atoms with Gasteiger partial charge in [-0.15, -0.1) is 0 Å². The highest BCUT2D eigenvalue weighted by molar-refractivity contribution is 5.16. The fourth-order valence-corrected chi connectivity index (χ4v) is 2.09. The predicted octanol–water partition coefficient (Wildman–Crippen LogP) is 1.31. The van der Waals surface area contributed by atoms with Crippen molar-refractivity contribution in [3.8, 4) is 0 Å². The zero-order valence-electron chi connectivity index (χ0n) is 8.45. The van der Waals surface area contributed by atoms with Crippen LogP contribution in [0.25, 0.3) is 0 Å². The zero-order valence-corrected chi connectivity index (χ0v) is 8.45. The lowest BCUT2D eigenvalue weighted by Gasteiger charge is -2.28. The molecule has 2 heteroatoms. The van der Waals surface area contributed by atoms with Crippen molar-refractivity contribution in [3.63, 3.8) is 0 Å². The molecule has 1 aliphatic heterocycles. The lowest BCUT2D eigenvalue weighted by atomic mass is 9.95. The summed E-state index contributed by atoms with van der Waals surface area (Å²) in [5, 5.41) is 3.52. The maximum absolute atomic E-state index is 5.94. The highest BCUT2D eigenvalue weighted by Gasteiger charge is 2.18. The van der Waals surface area contributed by atoms with E-state index < -0.39 is 0 Å². The molecule has 0 saturated carbocycles. The second kappa shape index (κ2) is 4.58. The Morgan fingerprint density at radius 3 is 2.79 bits per heavy atom. The standard InChI is InChI=1S/C12H18N2/c13-11-6-7-14-12(9-11)8-10-4-2-1-3-5-10/h1-5,11-12,14H,6-9,13H2/t11-,12?/m0/s1. The van der Waals surface area contributed by atoms with Crippen LogP contribution in [0.5, 0.6) is 0 Å². The normalized spacial score (nSPS) is 27.5. The summed E-state index contributed by atoms with van der Waals surface area (Å²) in [6, 6.07) is 11.6. The largest absolute Gasteiger partial charge is 0.328 e. The Bertz CT molecular complexity index is 271. The summed E-state index contributed by atoms with van der Waals surface area (Å²) in [6.45, 7) is 1.07. The lowest BCUT2D eigenvalue weighted by molar-refractivity contribution is 0.360. The van der Waals surface area contributed by atoms with Gasteiger partial charge in [-0.3, -0.25) is 0 Å². The maximum atomic E-state index is 5.94. The molecule has 1 unspecified atom stereocenters. The first-order valence-electron chi connectivity index (χ1n) is 5.37. The molecule has 1 aliphatic rings. The summed E-state index contributed by atoms with van der Waals surface area (Å²) in [7, 11) is 0. The van der Waals surface area contributed by atoms with E-state index in [4.69, 9.17) is 5.73 Å². The number of nitrogens with one attached hydrogen (secondary N) is 1. The molecule has 2 rings (SSSR count). The predicted molar refractivity (Wildman–Crippen MR) is 59.1 cm³/mol. The van der Waals surface area contributed by atoms with E-state index in [2.05, 4.69) is 35.6 Å². The van der Waals surface area contributed by atoms with Crippen molar-refractivity contribution in [2.75, 3.05) is 6.54 Å². The van der Waals surface area contributed by atoms with Gasteiger partial charge >= 0.3 is 0 Å². The van der Waals surface area contributed by atoms with E-state index in [1.807, 2.05) is 0 Å². The second-order valence-electron chi connectivity index (χ2n) is 4.13. The quantitative estimate of drug-likeness (QED) is 0.738. The SMILES string of the molecule is N[C@H]1CCNC(Cc2ccccc2)C1. The molecule has 0 radical (unpaired) electrons. The van der Waals surface area contributed by atoms with Gasteiger partial charge in [0.05, 0.1) is 0 Å². The van der Waals surface area contributed by atoms with E-state index in [-0.39, 0.29) is 0 Å². The first-order valence-corrected chi connectivity index (χ1v) is 5.37. The van der Waals surface area contributed by atoms with E-state index in [0.29, 0.717) is 12.1 Å². The van der Waals surface area contributed by atoms with Crippen molar-refractivity contribution in [1.82, 2.24) is 5.32 Å². The number of benzene rings is 1. The molecule has 0 aliphatic carbocycles. The van der Waals surface area contributed by atoms with Crippen molar-refractivity contribution >= 4 is 0 Å². The molecule has 1 saturated heterocycles. The van der Waals surface area contributed by atoms with Crippen molar-refractivity contribution in [3.05, 3.63) is 35.9 Å². The summed E-state index contributed by atoms with van der Waals surface area (Å²) in [4.78, 5) is 0. The van der Waals surface area contributed by atoms with E-state index in [1.165, 1.54) is 5.56 Å². The second-order valence-corrected chi connectivity index (χ2v) is 4.13. The molecule has 2 nitrogen and oxygen atoms in total. The summed E-state index contributed by atoms with van der Waals surface area (Å²) in [5.41, 5.74) is 7.34. The molecular formula is C12H18N2. The minimum Gasteiger partial charge on any atom is -0.328 e. The van der Waals surface area contributed by atoms with Gasteiger partial charge in [0.25, 0.3) is 0 Å². The number of nitrogens with two attached hydrogens (primary N) is 1. The fourth-order valence-electron chi connectivity index (χ4n) is 2.09. The number of hydrogen-bond acceptors (Lipinski definition) is 2. The molecule has 1 aromatic rings. The monoisotopic (exact) mass is 190 g/mol. The van der Waals surface area contributed by atoms with E-state index in [0.717, 1.165) is 25.8 Å². The molecule has 3 N–H and O–H groups in total. The molecule has 0 bridgehead atoms. The van der Waals surface area contributed by atoms with Gasteiger partial charge in [-0.25, -0.2) is 0 Å². The lowest BCUT2D eigenvalue weighted by Crippen LogP contribution is -2.44. The Morgan fingerprint density at radius 2 is 2.07 bits per heavy atom. The molecule has 14 heavy (non-hydrogen) atoms. The van der Waals surface area contributed by atoms with Crippen LogP contribution in [0.1, 0.15) is 18.4 Å². The minimum atomic E-state index is 0.393. The van der Waals surface area contributed by atoms with Crippen molar-refractivity contribution in [2.24, 2.45) is 5.73 Å². The number of hydrogen-bond donors (Lipinski definition) is 2. The molecule has 0 amide bonds. The molecule has 1 aromatic carbocycles. The highest BCUT2D eigenvalue weighted by atomic mass is 14.9. The van der Waals surface area contributed by atoms with Gasteiger partial charge < -0.3 is 11.1 Å². The highest BCUT2D eigenvalue weighted by Crippen LogP contribution is 2.11. The van der Waals surface area contributed by atoms with E-state index in [1.54, 1.807) is 0 Å². The van der Waals surface area contributed by atoms with Crippen molar-refractivity contribution in [2.45, 2.75) is 31.3 Å². The van der Waals surface area contributed by atoms with Crippen LogP contribution in [-0.2, 0) is 6.42 Å². The topological polar surface area (TPSA) is 38.0 Å². The average Bonchev–Trinajstić information content (AvgIpc) is 2.19. The van der Waals surface area contributed by atoms with Crippen LogP contribution < -0.4 is 11.1 Å². The third kappa shape index (κ3) is 2.56. The van der Waals surface area contributed by atoms with Gasteiger partial charge in [0.2, 0.25) is 0 Å². The van der Waals surface area contributed by atoms with Gasteiger partial charge in [-0.05, 0) is 31.4 Å². The summed E-state index contributed by atoms with van der Waals surface area (Å²) in [5.74, 6) is 0.